The molecule has 1 aromatic heterocycles. The maximum absolute atomic E-state index is 11.6. The van der Waals surface area contributed by atoms with Crippen molar-refractivity contribution in [1.82, 2.24) is 4.98 Å². The summed E-state index contributed by atoms with van der Waals surface area (Å²) in [6.07, 6.45) is 3.43. The molecule has 0 aliphatic heterocycles. The van der Waals surface area contributed by atoms with Crippen molar-refractivity contribution in [2.75, 3.05) is 13.3 Å². The molecule has 0 aliphatic carbocycles. The molecule has 1 aromatic rings. The zero-order valence-corrected chi connectivity index (χ0v) is 7.93. The number of pyridine rings is 1. The van der Waals surface area contributed by atoms with E-state index in [0.29, 0.717) is 0 Å². The van der Waals surface area contributed by atoms with Crippen LogP contribution in [0.3, 0.4) is 0 Å². The monoisotopic (exact) mass is 169 g/mol. The van der Waals surface area contributed by atoms with Gasteiger partial charge in [-0.05, 0) is 31.9 Å². The topological polar surface area (TPSA) is 30.0 Å². The largest absolute Gasteiger partial charge is 0.319 e. The third-order valence-electron chi connectivity index (χ3n) is 1.57. The molecule has 0 atom stereocenters. The summed E-state index contributed by atoms with van der Waals surface area (Å²) in [6.45, 7) is 5.48. The van der Waals surface area contributed by atoms with Gasteiger partial charge in [0.2, 0.25) is 0 Å². The van der Waals surface area contributed by atoms with Crippen LogP contribution in [0.5, 0.6) is 0 Å². The lowest BCUT2D eigenvalue weighted by atomic mass is 10.3. The van der Waals surface area contributed by atoms with Crippen molar-refractivity contribution in [1.29, 1.82) is 0 Å². The molecule has 0 radical (unpaired) electrons. The van der Waals surface area contributed by atoms with E-state index in [0.717, 1.165) is 10.9 Å². The summed E-state index contributed by atoms with van der Waals surface area (Å²) < 4.78 is 11.6. The lowest BCUT2D eigenvalue weighted by Gasteiger charge is -2.08. The van der Waals surface area contributed by atoms with Gasteiger partial charge >= 0.3 is 0 Å². The number of hydrogen-bond acceptors (Lipinski definition) is 2. The average Bonchev–Trinajstić information content (AvgIpc) is 1.86. The summed E-state index contributed by atoms with van der Waals surface area (Å²) in [7, 11) is -2.10. The molecule has 11 heavy (non-hydrogen) atoms. The van der Waals surface area contributed by atoms with Gasteiger partial charge < -0.3 is 4.57 Å². The van der Waals surface area contributed by atoms with Crippen molar-refractivity contribution in [3.05, 3.63) is 24.0 Å². The second-order valence-electron chi connectivity index (χ2n) is 3.01. The van der Waals surface area contributed by atoms with Gasteiger partial charge in [0.15, 0.2) is 0 Å². The SMILES string of the molecule is Cc1cnccc1P(C)(C)=O. The Kier molecular flexibility index (Phi) is 2.15. The minimum absolute atomic E-state index is 0.938. The lowest BCUT2D eigenvalue weighted by molar-refractivity contribution is 0.588. The fraction of sp³-hybridized carbons (Fsp3) is 0.375. The Labute approximate surface area is 67.0 Å². The number of rotatable bonds is 1. The fourth-order valence-electron chi connectivity index (χ4n) is 1.07. The molecule has 0 unspecified atom stereocenters. The molecule has 1 rings (SSSR count). The Morgan fingerprint density at radius 1 is 1.45 bits per heavy atom. The van der Waals surface area contributed by atoms with Gasteiger partial charge in [-0.3, -0.25) is 4.98 Å². The van der Waals surface area contributed by atoms with Gasteiger partial charge in [0.25, 0.3) is 0 Å². The van der Waals surface area contributed by atoms with E-state index in [1.807, 2.05) is 13.0 Å². The van der Waals surface area contributed by atoms with Gasteiger partial charge in [0, 0.05) is 17.7 Å². The predicted octanol–water partition coefficient (Wildman–Crippen LogP) is 1.64. The molecule has 60 valence electrons. The second kappa shape index (κ2) is 2.78. The minimum Gasteiger partial charge on any atom is -0.319 e. The van der Waals surface area contributed by atoms with Crippen molar-refractivity contribution in [3.8, 4) is 0 Å². The van der Waals surface area contributed by atoms with E-state index in [-0.39, 0.29) is 0 Å². The quantitative estimate of drug-likeness (QED) is 0.598. The third kappa shape index (κ3) is 1.90. The molecular formula is C8H12NOP. The van der Waals surface area contributed by atoms with E-state index in [1.54, 1.807) is 25.7 Å². The van der Waals surface area contributed by atoms with Crippen LogP contribution in [-0.4, -0.2) is 18.3 Å². The fourth-order valence-corrected chi connectivity index (χ4v) is 2.40. The molecule has 0 bridgehead atoms. The first-order chi connectivity index (χ1) is 5.02. The first kappa shape index (κ1) is 8.48. The molecule has 0 fully saturated rings. The first-order valence-corrected chi connectivity index (χ1v) is 6.08. The van der Waals surface area contributed by atoms with Crippen LogP contribution in [0.2, 0.25) is 0 Å². The predicted molar refractivity (Wildman–Crippen MR) is 48.1 cm³/mol. The minimum atomic E-state index is -2.10. The molecule has 0 N–H and O–H groups in total. The van der Waals surface area contributed by atoms with Crippen molar-refractivity contribution in [2.24, 2.45) is 0 Å². The van der Waals surface area contributed by atoms with Crippen molar-refractivity contribution < 1.29 is 4.57 Å². The first-order valence-electron chi connectivity index (χ1n) is 3.48. The molecule has 0 saturated heterocycles. The molecule has 2 nitrogen and oxygen atoms in total. The molecule has 3 heteroatoms. The van der Waals surface area contributed by atoms with Crippen molar-refractivity contribution in [2.45, 2.75) is 6.92 Å². The molecule has 0 spiro atoms. The zero-order valence-electron chi connectivity index (χ0n) is 7.03. The van der Waals surface area contributed by atoms with Crippen LogP contribution in [0.1, 0.15) is 5.56 Å². The highest BCUT2D eigenvalue weighted by Gasteiger charge is 2.12. The summed E-state index contributed by atoms with van der Waals surface area (Å²) in [5.74, 6) is 0. The van der Waals surface area contributed by atoms with E-state index >= 15 is 0 Å². The van der Waals surface area contributed by atoms with Crippen LogP contribution in [0.15, 0.2) is 18.5 Å². The average molecular weight is 169 g/mol. The summed E-state index contributed by atoms with van der Waals surface area (Å²) in [4.78, 5) is 3.94. The van der Waals surface area contributed by atoms with E-state index in [4.69, 9.17) is 0 Å². The molecule has 0 saturated carbocycles. The number of nitrogens with zero attached hydrogens (tertiary/aromatic N) is 1. The Morgan fingerprint density at radius 2 is 2.09 bits per heavy atom. The van der Waals surface area contributed by atoms with E-state index in [9.17, 15) is 4.57 Å². The Balaban J connectivity index is 3.25. The van der Waals surface area contributed by atoms with Crippen LogP contribution < -0.4 is 5.30 Å². The lowest BCUT2D eigenvalue weighted by Crippen LogP contribution is -2.06. The van der Waals surface area contributed by atoms with Crippen LogP contribution >= 0.6 is 7.14 Å². The van der Waals surface area contributed by atoms with Gasteiger partial charge in [0.1, 0.15) is 7.14 Å². The van der Waals surface area contributed by atoms with Crippen LogP contribution in [0.4, 0.5) is 0 Å². The van der Waals surface area contributed by atoms with E-state index in [1.165, 1.54) is 0 Å². The highest BCUT2D eigenvalue weighted by atomic mass is 31.2. The molecule has 1 heterocycles. The van der Waals surface area contributed by atoms with Gasteiger partial charge in [-0.1, -0.05) is 0 Å². The zero-order chi connectivity index (χ0) is 8.48. The molecular weight excluding hydrogens is 157 g/mol. The maximum Gasteiger partial charge on any atom is 0.110 e. The highest BCUT2D eigenvalue weighted by Crippen LogP contribution is 2.35. The number of aromatic nitrogens is 1. The maximum atomic E-state index is 11.6. The number of aryl methyl sites for hydroxylation is 1. The van der Waals surface area contributed by atoms with Crippen LogP contribution in [0.25, 0.3) is 0 Å². The van der Waals surface area contributed by atoms with Gasteiger partial charge in [-0.15, -0.1) is 0 Å². The van der Waals surface area contributed by atoms with Crippen molar-refractivity contribution in [3.63, 3.8) is 0 Å². The summed E-state index contributed by atoms with van der Waals surface area (Å²) in [5, 5.41) is 0.938. The smallest absolute Gasteiger partial charge is 0.110 e. The Bertz CT molecular complexity index is 303. The van der Waals surface area contributed by atoms with E-state index < -0.39 is 7.14 Å². The Hall–Kier alpha value is -0.620. The molecule has 0 amide bonds. The van der Waals surface area contributed by atoms with Crippen LogP contribution in [-0.2, 0) is 4.57 Å². The standard InChI is InChI=1S/C8H12NOP/c1-7-6-9-5-4-8(7)11(2,3)10/h4-6H,1-3H3. The summed E-state index contributed by atoms with van der Waals surface area (Å²) in [6, 6.07) is 1.83. The summed E-state index contributed by atoms with van der Waals surface area (Å²) in [5.41, 5.74) is 1.01. The van der Waals surface area contributed by atoms with Gasteiger partial charge in [-0.2, -0.15) is 0 Å². The molecule has 0 aliphatic rings. The molecule has 0 aromatic carbocycles. The highest BCUT2D eigenvalue weighted by molar-refractivity contribution is 7.70. The van der Waals surface area contributed by atoms with Gasteiger partial charge in [-0.25, -0.2) is 0 Å². The third-order valence-corrected chi connectivity index (χ3v) is 3.23. The van der Waals surface area contributed by atoms with Gasteiger partial charge in [0.05, 0.1) is 0 Å². The number of hydrogen-bond donors (Lipinski definition) is 0. The Morgan fingerprint density at radius 3 is 2.45 bits per heavy atom. The normalized spacial score (nSPS) is 11.5. The summed E-state index contributed by atoms with van der Waals surface area (Å²) >= 11 is 0. The van der Waals surface area contributed by atoms with Crippen LogP contribution in [0, 0.1) is 6.92 Å². The van der Waals surface area contributed by atoms with E-state index in [2.05, 4.69) is 4.98 Å². The second-order valence-corrected chi connectivity index (χ2v) is 6.20. The van der Waals surface area contributed by atoms with Crippen molar-refractivity contribution >= 4 is 12.4 Å².